The molecule has 118 valence electrons. The molecule has 0 radical (unpaired) electrons. The van der Waals surface area contributed by atoms with Crippen LogP contribution in [-0.2, 0) is 0 Å². The minimum Gasteiger partial charge on any atom is -0.454 e. The van der Waals surface area contributed by atoms with E-state index in [9.17, 15) is 4.39 Å². The number of hydrogen-bond donors (Lipinski definition) is 2. The van der Waals surface area contributed by atoms with E-state index in [4.69, 9.17) is 10.2 Å². The van der Waals surface area contributed by atoms with Crippen molar-refractivity contribution in [2.45, 2.75) is 0 Å². The van der Waals surface area contributed by atoms with Crippen LogP contribution in [0.15, 0.2) is 65.1 Å². The maximum absolute atomic E-state index is 14.8. The van der Waals surface area contributed by atoms with E-state index in [1.807, 2.05) is 42.5 Å². The van der Waals surface area contributed by atoms with Crippen LogP contribution >= 0.6 is 0 Å². The summed E-state index contributed by atoms with van der Waals surface area (Å²) in [7, 11) is 0. The topological polar surface area (TPSA) is 77.0 Å². The molecule has 4 rings (SSSR count). The molecule has 3 N–H and O–H groups in total. The molecule has 0 spiro atoms. The second kappa shape index (κ2) is 5.66. The van der Waals surface area contributed by atoms with Gasteiger partial charge in [-0.3, -0.25) is 0 Å². The highest BCUT2D eigenvalue weighted by Gasteiger charge is 2.18. The minimum atomic E-state index is -0.618. The highest BCUT2D eigenvalue weighted by atomic mass is 19.1. The van der Waals surface area contributed by atoms with Crippen molar-refractivity contribution in [2.24, 2.45) is 0 Å². The van der Waals surface area contributed by atoms with Crippen LogP contribution in [0.3, 0.4) is 0 Å². The third-order valence-electron chi connectivity index (χ3n) is 3.56. The Morgan fingerprint density at radius 1 is 0.958 bits per heavy atom. The molecule has 5 nitrogen and oxygen atoms in total. The van der Waals surface area contributed by atoms with Gasteiger partial charge in [0, 0.05) is 11.1 Å². The molecule has 4 aromatic rings. The summed E-state index contributed by atoms with van der Waals surface area (Å²) in [5, 5.41) is 3.77. The average Bonchev–Trinajstić information content (AvgIpc) is 3.02. The summed E-state index contributed by atoms with van der Waals surface area (Å²) in [6, 6.07) is 18.3. The molecular formula is C18H13FN4O. The van der Waals surface area contributed by atoms with Gasteiger partial charge in [-0.2, -0.15) is 4.98 Å². The number of nitrogens with one attached hydrogen (secondary N) is 1. The number of nitrogens with zero attached hydrogens (tertiary/aromatic N) is 2. The summed E-state index contributed by atoms with van der Waals surface area (Å²) < 4.78 is 20.5. The average molecular weight is 320 g/mol. The fourth-order valence-electron chi connectivity index (χ4n) is 2.47. The Morgan fingerprint density at radius 2 is 1.71 bits per heavy atom. The number of halogens is 1. The van der Waals surface area contributed by atoms with Crippen LogP contribution < -0.4 is 11.1 Å². The van der Waals surface area contributed by atoms with E-state index < -0.39 is 5.82 Å². The zero-order valence-electron chi connectivity index (χ0n) is 12.5. The predicted molar refractivity (Wildman–Crippen MR) is 91.3 cm³/mol. The van der Waals surface area contributed by atoms with Gasteiger partial charge < -0.3 is 15.5 Å². The van der Waals surface area contributed by atoms with Gasteiger partial charge in [-0.15, -0.1) is 0 Å². The number of fused-ring (bicyclic) bond motifs is 1. The Hall–Kier alpha value is -3.41. The zero-order valence-corrected chi connectivity index (χ0v) is 12.5. The lowest BCUT2D eigenvalue weighted by Gasteiger charge is -2.09. The van der Waals surface area contributed by atoms with Crippen LogP contribution in [0, 0.1) is 5.82 Å². The molecule has 0 fully saturated rings. The molecule has 0 aliphatic heterocycles. The maximum atomic E-state index is 14.8. The Balaban J connectivity index is 1.81. The van der Waals surface area contributed by atoms with E-state index in [1.165, 1.54) is 0 Å². The third kappa shape index (κ3) is 2.54. The van der Waals surface area contributed by atoms with E-state index in [0.717, 1.165) is 5.39 Å². The van der Waals surface area contributed by atoms with Crippen LogP contribution in [0.25, 0.3) is 22.4 Å². The summed E-state index contributed by atoms with van der Waals surface area (Å²) in [4.78, 5) is 7.95. The molecule has 6 heteroatoms. The van der Waals surface area contributed by atoms with Gasteiger partial charge in [0.1, 0.15) is 11.3 Å². The molecule has 0 saturated heterocycles. The Bertz CT molecular complexity index is 981. The van der Waals surface area contributed by atoms with Gasteiger partial charge in [0.15, 0.2) is 17.4 Å². The van der Waals surface area contributed by atoms with Gasteiger partial charge in [0.25, 0.3) is 0 Å². The summed E-state index contributed by atoms with van der Waals surface area (Å²) in [5.74, 6) is -0.347. The van der Waals surface area contributed by atoms with E-state index in [2.05, 4.69) is 15.3 Å². The number of rotatable bonds is 3. The quantitative estimate of drug-likeness (QED) is 0.586. The van der Waals surface area contributed by atoms with Crippen molar-refractivity contribution in [3.63, 3.8) is 0 Å². The zero-order chi connectivity index (χ0) is 16.5. The van der Waals surface area contributed by atoms with Crippen molar-refractivity contribution in [2.75, 3.05) is 11.1 Å². The van der Waals surface area contributed by atoms with Gasteiger partial charge in [0.2, 0.25) is 5.95 Å². The fraction of sp³-hybridized carbons (Fsp3) is 0. The molecule has 2 aromatic heterocycles. The first kappa shape index (κ1) is 14.2. The van der Waals surface area contributed by atoms with Crippen LogP contribution in [0.5, 0.6) is 0 Å². The molecule has 0 unspecified atom stereocenters. The molecule has 0 saturated carbocycles. The minimum absolute atomic E-state index is 0.00385. The molecular weight excluding hydrogens is 307 g/mol. The predicted octanol–water partition coefficient (Wildman–Crippen LogP) is 4.35. The first-order valence-corrected chi connectivity index (χ1v) is 7.35. The number of benzene rings is 2. The van der Waals surface area contributed by atoms with E-state index in [0.29, 0.717) is 17.0 Å². The van der Waals surface area contributed by atoms with Crippen LogP contribution in [-0.4, -0.2) is 9.97 Å². The summed E-state index contributed by atoms with van der Waals surface area (Å²) in [6.45, 7) is 0. The van der Waals surface area contributed by atoms with Crippen LogP contribution in [0.2, 0.25) is 0 Å². The molecule has 0 atom stereocenters. The Labute approximate surface area is 137 Å². The second-order valence-corrected chi connectivity index (χ2v) is 5.23. The molecule has 0 aliphatic carbocycles. The lowest BCUT2D eigenvalue weighted by atomic mass is 10.2. The van der Waals surface area contributed by atoms with Crippen molar-refractivity contribution in [1.29, 1.82) is 0 Å². The number of hydrogen-bond acceptors (Lipinski definition) is 5. The second-order valence-electron chi connectivity index (χ2n) is 5.23. The highest BCUT2D eigenvalue weighted by Crippen LogP contribution is 2.31. The normalized spacial score (nSPS) is 10.9. The van der Waals surface area contributed by atoms with Crippen LogP contribution in [0.1, 0.15) is 0 Å². The maximum Gasteiger partial charge on any atom is 0.222 e. The summed E-state index contributed by atoms with van der Waals surface area (Å²) >= 11 is 0. The van der Waals surface area contributed by atoms with Gasteiger partial charge in [0.05, 0.1) is 0 Å². The lowest BCUT2D eigenvalue weighted by molar-refractivity contribution is 0.593. The number of nitrogen functional groups attached to an aromatic ring is 1. The van der Waals surface area contributed by atoms with Gasteiger partial charge >= 0.3 is 0 Å². The number of nitrogens with two attached hydrogens (primary N) is 1. The smallest absolute Gasteiger partial charge is 0.222 e. The standard InChI is InChI=1S/C18H13FN4O/c19-15-16(14-10-11-6-4-5-9-13(11)24-14)22-18(20)23-17(15)21-12-7-2-1-3-8-12/h1-10H,(H3,20,21,22,23). The summed E-state index contributed by atoms with van der Waals surface area (Å²) in [6.07, 6.45) is 0. The fourth-order valence-corrected chi connectivity index (χ4v) is 2.47. The first-order valence-electron chi connectivity index (χ1n) is 7.35. The molecule has 0 aliphatic rings. The van der Waals surface area contributed by atoms with Crippen molar-refractivity contribution in [3.8, 4) is 11.5 Å². The van der Waals surface area contributed by atoms with E-state index >= 15 is 0 Å². The van der Waals surface area contributed by atoms with Gasteiger partial charge in [-0.25, -0.2) is 9.37 Å². The summed E-state index contributed by atoms with van der Waals surface area (Å²) in [5.41, 5.74) is 7.12. The third-order valence-corrected chi connectivity index (χ3v) is 3.56. The monoisotopic (exact) mass is 320 g/mol. The van der Waals surface area contributed by atoms with Crippen molar-refractivity contribution in [1.82, 2.24) is 9.97 Å². The Kier molecular flexibility index (Phi) is 3.35. The highest BCUT2D eigenvalue weighted by molar-refractivity contribution is 5.82. The first-order chi connectivity index (χ1) is 11.7. The SMILES string of the molecule is Nc1nc(Nc2ccccc2)c(F)c(-c2cc3ccccc3o2)n1. The Morgan fingerprint density at radius 3 is 2.50 bits per heavy atom. The van der Waals surface area contributed by atoms with Crippen molar-refractivity contribution >= 4 is 28.4 Å². The van der Waals surface area contributed by atoms with Gasteiger partial charge in [-0.05, 0) is 24.3 Å². The van der Waals surface area contributed by atoms with E-state index in [1.54, 1.807) is 18.2 Å². The molecule has 24 heavy (non-hydrogen) atoms. The largest absolute Gasteiger partial charge is 0.454 e. The molecule has 2 aromatic carbocycles. The number of furan rings is 1. The van der Waals surface area contributed by atoms with Crippen molar-refractivity contribution < 1.29 is 8.81 Å². The van der Waals surface area contributed by atoms with Crippen LogP contribution in [0.4, 0.5) is 21.8 Å². The number of aromatic nitrogens is 2. The molecule has 0 amide bonds. The molecule has 0 bridgehead atoms. The number of para-hydroxylation sites is 2. The lowest BCUT2D eigenvalue weighted by Crippen LogP contribution is -2.05. The van der Waals surface area contributed by atoms with Crippen molar-refractivity contribution in [3.05, 3.63) is 66.5 Å². The molecule has 2 heterocycles. The number of anilines is 3. The van der Waals surface area contributed by atoms with Gasteiger partial charge in [-0.1, -0.05) is 36.4 Å². The van der Waals surface area contributed by atoms with E-state index in [-0.39, 0.29) is 17.5 Å².